The summed E-state index contributed by atoms with van der Waals surface area (Å²) in [7, 11) is 0. The van der Waals surface area contributed by atoms with Crippen molar-refractivity contribution in [1.29, 1.82) is 5.41 Å². The zero-order chi connectivity index (χ0) is 14.8. The highest BCUT2D eigenvalue weighted by atomic mass is 32.2. The fourth-order valence-electron chi connectivity index (χ4n) is 2.16. The van der Waals surface area contributed by atoms with Crippen molar-refractivity contribution < 1.29 is 4.39 Å². The van der Waals surface area contributed by atoms with Crippen LogP contribution < -0.4 is 5.73 Å². The predicted molar refractivity (Wildman–Crippen MR) is 85.5 cm³/mol. The molecule has 0 aliphatic rings. The van der Waals surface area contributed by atoms with Crippen molar-refractivity contribution in [3.63, 3.8) is 0 Å². The molecule has 0 amide bonds. The maximum atomic E-state index is 13.3. The first-order chi connectivity index (χ1) is 10.1. The van der Waals surface area contributed by atoms with Crippen LogP contribution in [0.25, 0.3) is 10.8 Å². The fraction of sp³-hybridized carbons (Fsp3) is 0. The number of hydrogen-bond donors (Lipinski definition) is 2. The first-order valence-electron chi connectivity index (χ1n) is 6.44. The van der Waals surface area contributed by atoms with E-state index >= 15 is 0 Å². The van der Waals surface area contributed by atoms with Gasteiger partial charge in [-0.15, -0.1) is 0 Å². The fourth-order valence-corrected chi connectivity index (χ4v) is 3.15. The molecule has 3 N–H and O–H groups in total. The van der Waals surface area contributed by atoms with Gasteiger partial charge in [-0.3, -0.25) is 5.41 Å². The van der Waals surface area contributed by atoms with E-state index < -0.39 is 0 Å². The van der Waals surface area contributed by atoms with Gasteiger partial charge in [0.05, 0.1) is 0 Å². The van der Waals surface area contributed by atoms with Crippen LogP contribution in [0.1, 0.15) is 5.56 Å². The lowest BCUT2D eigenvalue weighted by atomic mass is 10.1. The van der Waals surface area contributed by atoms with Crippen LogP contribution in [0.2, 0.25) is 0 Å². The zero-order valence-electron chi connectivity index (χ0n) is 11.1. The van der Waals surface area contributed by atoms with E-state index in [2.05, 4.69) is 24.3 Å². The monoisotopic (exact) mass is 296 g/mol. The van der Waals surface area contributed by atoms with Crippen molar-refractivity contribution in [2.75, 3.05) is 0 Å². The third-order valence-corrected chi connectivity index (χ3v) is 4.25. The van der Waals surface area contributed by atoms with Crippen molar-refractivity contribution in [1.82, 2.24) is 0 Å². The normalized spacial score (nSPS) is 10.7. The Balaban J connectivity index is 2.00. The molecule has 0 spiro atoms. The van der Waals surface area contributed by atoms with Crippen LogP contribution in [0, 0.1) is 11.2 Å². The summed E-state index contributed by atoms with van der Waals surface area (Å²) in [4.78, 5) is 1.81. The summed E-state index contributed by atoms with van der Waals surface area (Å²) in [6, 6.07) is 18.6. The topological polar surface area (TPSA) is 49.9 Å². The minimum Gasteiger partial charge on any atom is -0.384 e. The van der Waals surface area contributed by atoms with Gasteiger partial charge in [0.2, 0.25) is 0 Å². The van der Waals surface area contributed by atoms with Crippen molar-refractivity contribution in [3.05, 3.63) is 72.0 Å². The molecule has 2 nitrogen and oxygen atoms in total. The summed E-state index contributed by atoms with van der Waals surface area (Å²) in [6.07, 6.45) is 0. The average Bonchev–Trinajstić information content (AvgIpc) is 2.49. The maximum absolute atomic E-state index is 13.3. The van der Waals surface area contributed by atoms with E-state index in [0.29, 0.717) is 5.56 Å². The second-order valence-corrected chi connectivity index (χ2v) is 5.78. The SMILES string of the molecule is N=C(N)c1cc(F)ccc1Sc1ccc2ccccc2c1. The van der Waals surface area contributed by atoms with Crippen LogP contribution in [0.3, 0.4) is 0 Å². The van der Waals surface area contributed by atoms with Gasteiger partial charge in [0, 0.05) is 15.4 Å². The molecule has 0 fully saturated rings. The zero-order valence-corrected chi connectivity index (χ0v) is 12.0. The van der Waals surface area contributed by atoms with Crippen molar-refractivity contribution in [3.8, 4) is 0 Å². The van der Waals surface area contributed by atoms with Crippen LogP contribution in [-0.4, -0.2) is 5.84 Å². The van der Waals surface area contributed by atoms with Gasteiger partial charge in [0.15, 0.2) is 0 Å². The number of rotatable bonds is 3. The van der Waals surface area contributed by atoms with E-state index in [1.807, 2.05) is 18.2 Å². The summed E-state index contributed by atoms with van der Waals surface area (Å²) < 4.78 is 13.3. The number of halogens is 1. The molecule has 0 aliphatic heterocycles. The van der Waals surface area contributed by atoms with Gasteiger partial charge >= 0.3 is 0 Å². The lowest BCUT2D eigenvalue weighted by Gasteiger charge is -2.09. The number of nitrogens with two attached hydrogens (primary N) is 1. The van der Waals surface area contributed by atoms with E-state index in [1.165, 1.54) is 29.3 Å². The van der Waals surface area contributed by atoms with Gasteiger partial charge in [-0.05, 0) is 41.1 Å². The molecule has 0 saturated carbocycles. The first kappa shape index (κ1) is 13.6. The van der Waals surface area contributed by atoms with Crippen molar-refractivity contribution in [2.45, 2.75) is 9.79 Å². The van der Waals surface area contributed by atoms with E-state index in [-0.39, 0.29) is 11.7 Å². The third kappa shape index (κ3) is 2.90. The molecule has 104 valence electrons. The summed E-state index contributed by atoms with van der Waals surface area (Å²) in [6.45, 7) is 0. The summed E-state index contributed by atoms with van der Waals surface area (Å²) in [5.74, 6) is -0.513. The van der Waals surface area contributed by atoms with Crippen LogP contribution >= 0.6 is 11.8 Å². The lowest BCUT2D eigenvalue weighted by molar-refractivity contribution is 0.626. The van der Waals surface area contributed by atoms with E-state index in [4.69, 9.17) is 11.1 Å². The lowest BCUT2D eigenvalue weighted by Crippen LogP contribution is -2.12. The predicted octanol–water partition coefficient (Wildman–Crippen LogP) is 4.41. The molecule has 0 aromatic heterocycles. The molecule has 0 heterocycles. The Morgan fingerprint density at radius 1 is 0.952 bits per heavy atom. The van der Waals surface area contributed by atoms with Gasteiger partial charge in [-0.1, -0.05) is 42.1 Å². The molecule has 4 heteroatoms. The molecule has 0 unspecified atom stereocenters. The van der Waals surface area contributed by atoms with Crippen molar-refractivity contribution in [2.24, 2.45) is 5.73 Å². The van der Waals surface area contributed by atoms with Crippen LogP contribution in [0.15, 0.2) is 70.5 Å². The standard InChI is InChI=1S/C17H13FN2S/c18-13-6-8-16(15(10-13)17(19)20)21-14-7-5-11-3-1-2-4-12(11)9-14/h1-10H,(H3,19,20). The van der Waals surface area contributed by atoms with E-state index in [1.54, 1.807) is 6.07 Å². The molecule has 21 heavy (non-hydrogen) atoms. The summed E-state index contributed by atoms with van der Waals surface area (Å²) in [5, 5.41) is 9.89. The Kier molecular flexibility index (Phi) is 3.62. The van der Waals surface area contributed by atoms with Gasteiger partial charge in [-0.2, -0.15) is 0 Å². The van der Waals surface area contributed by atoms with Crippen LogP contribution in [0.5, 0.6) is 0 Å². The molecule has 0 aliphatic carbocycles. The highest BCUT2D eigenvalue weighted by Gasteiger charge is 2.09. The third-order valence-electron chi connectivity index (χ3n) is 3.18. The number of fused-ring (bicyclic) bond motifs is 1. The Hall–Kier alpha value is -2.33. The Morgan fingerprint density at radius 3 is 2.48 bits per heavy atom. The Labute approximate surface area is 126 Å². The quantitative estimate of drug-likeness (QED) is 0.555. The highest BCUT2D eigenvalue weighted by molar-refractivity contribution is 7.99. The minimum atomic E-state index is -0.386. The molecular formula is C17H13FN2S. The number of hydrogen-bond acceptors (Lipinski definition) is 2. The largest absolute Gasteiger partial charge is 0.384 e. The number of amidine groups is 1. The number of nitrogen functional groups attached to an aromatic ring is 1. The van der Waals surface area contributed by atoms with Gasteiger partial charge < -0.3 is 5.73 Å². The smallest absolute Gasteiger partial charge is 0.124 e. The molecule has 3 aromatic carbocycles. The van der Waals surface area contributed by atoms with Crippen LogP contribution in [0.4, 0.5) is 4.39 Å². The van der Waals surface area contributed by atoms with Gasteiger partial charge in [0.1, 0.15) is 11.7 Å². The van der Waals surface area contributed by atoms with Crippen LogP contribution in [-0.2, 0) is 0 Å². The molecule has 0 saturated heterocycles. The summed E-state index contributed by atoms with van der Waals surface area (Å²) in [5.41, 5.74) is 5.96. The molecule has 0 bridgehead atoms. The minimum absolute atomic E-state index is 0.127. The average molecular weight is 296 g/mol. The second-order valence-electron chi connectivity index (χ2n) is 4.67. The van der Waals surface area contributed by atoms with E-state index in [0.717, 1.165) is 15.2 Å². The first-order valence-corrected chi connectivity index (χ1v) is 7.26. The van der Waals surface area contributed by atoms with Gasteiger partial charge in [-0.25, -0.2) is 4.39 Å². The Bertz CT molecular complexity index is 830. The molecule has 3 aromatic rings. The number of nitrogens with one attached hydrogen (secondary N) is 1. The summed E-state index contributed by atoms with van der Waals surface area (Å²) >= 11 is 1.48. The molecule has 3 rings (SSSR count). The maximum Gasteiger partial charge on any atom is 0.124 e. The highest BCUT2D eigenvalue weighted by Crippen LogP contribution is 2.32. The molecular weight excluding hydrogens is 283 g/mol. The van der Waals surface area contributed by atoms with Crippen molar-refractivity contribution >= 4 is 28.4 Å². The van der Waals surface area contributed by atoms with Gasteiger partial charge in [0.25, 0.3) is 0 Å². The van der Waals surface area contributed by atoms with E-state index in [9.17, 15) is 4.39 Å². The molecule has 0 radical (unpaired) electrons. The second kappa shape index (κ2) is 5.58. The number of benzene rings is 3. The Morgan fingerprint density at radius 2 is 1.71 bits per heavy atom. The molecule has 0 atom stereocenters.